The van der Waals surface area contributed by atoms with E-state index in [1.54, 1.807) is 36.7 Å². The molecule has 0 aliphatic carbocycles. The first kappa shape index (κ1) is 22.9. The van der Waals surface area contributed by atoms with Crippen LogP contribution >= 0.6 is 0 Å². The molecule has 4 aromatic rings. The lowest BCUT2D eigenvalue weighted by molar-refractivity contribution is 0.0697. The van der Waals surface area contributed by atoms with Crippen LogP contribution in [0.4, 0.5) is 8.78 Å². The number of halogens is 2. The van der Waals surface area contributed by atoms with E-state index in [1.165, 1.54) is 24.3 Å². The average Bonchev–Trinajstić information content (AvgIpc) is 3.34. The minimum atomic E-state index is -0.276. The predicted molar refractivity (Wildman–Crippen MR) is 127 cm³/mol. The predicted octanol–water partition coefficient (Wildman–Crippen LogP) is 5.55. The molecule has 0 saturated carbocycles. The van der Waals surface area contributed by atoms with Crippen molar-refractivity contribution >= 4 is 5.91 Å². The molecular formula is C28H25F2N3O2. The van der Waals surface area contributed by atoms with Crippen LogP contribution in [0.3, 0.4) is 0 Å². The van der Waals surface area contributed by atoms with E-state index in [0.29, 0.717) is 43.1 Å². The van der Waals surface area contributed by atoms with Gasteiger partial charge in [0.05, 0.1) is 17.7 Å². The molecule has 0 unspecified atom stereocenters. The van der Waals surface area contributed by atoms with Crippen LogP contribution in [0, 0.1) is 11.6 Å². The summed E-state index contributed by atoms with van der Waals surface area (Å²) >= 11 is 0. The second-order valence-electron chi connectivity index (χ2n) is 8.90. The molecule has 1 amide bonds. The molecule has 1 saturated heterocycles. The van der Waals surface area contributed by atoms with Gasteiger partial charge in [0.2, 0.25) is 0 Å². The SMILES string of the molecule is O=C(c1ccc(Cc2ccc(F)cc2)nc1)N1CCC[C@@H](c2ncc(Cc3cccc(F)c3)o2)C1. The first-order valence-corrected chi connectivity index (χ1v) is 11.7. The summed E-state index contributed by atoms with van der Waals surface area (Å²) in [4.78, 5) is 23.8. The number of aromatic nitrogens is 2. The fourth-order valence-corrected chi connectivity index (χ4v) is 4.45. The molecule has 1 aliphatic heterocycles. The lowest BCUT2D eigenvalue weighted by Crippen LogP contribution is -2.39. The molecule has 0 spiro atoms. The Morgan fingerprint density at radius 2 is 1.80 bits per heavy atom. The number of hydrogen-bond acceptors (Lipinski definition) is 4. The zero-order valence-electron chi connectivity index (χ0n) is 19.2. The van der Waals surface area contributed by atoms with Crippen LogP contribution in [0.15, 0.2) is 77.5 Å². The molecule has 1 atom stereocenters. The Kier molecular flexibility index (Phi) is 6.66. The van der Waals surface area contributed by atoms with Gasteiger partial charge in [-0.1, -0.05) is 24.3 Å². The highest BCUT2D eigenvalue weighted by Crippen LogP contribution is 2.28. The molecule has 0 N–H and O–H groups in total. The Morgan fingerprint density at radius 1 is 0.943 bits per heavy atom. The minimum Gasteiger partial charge on any atom is -0.445 e. The summed E-state index contributed by atoms with van der Waals surface area (Å²) in [6, 6.07) is 16.4. The molecule has 5 rings (SSSR count). The standard InChI is InChI=1S/C28H25F2N3O2/c29-23-9-6-19(7-10-23)14-25-11-8-21(16-31-25)28(34)33-12-2-4-22(18-33)27-32-17-26(35-27)15-20-3-1-5-24(30)13-20/h1,3,5-11,13,16-17,22H,2,4,12,14-15,18H2/t22-/m1/s1. The fourth-order valence-electron chi connectivity index (χ4n) is 4.45. The molecule has 7 heteroatoms. The monoisotopic (exact) mass is 473 g/mol. The molecule has 0 radical (unpaired) electrons. The van der Waals surface area contributed by atoms with Crippen LogP contribution in [0.25, 0.3) is 0 Å². The Bertz CT molecular complexity index is 1300. The Balaban J connectivity index is 1.21. The second kappa shape index (κ2) is 10.2. The number of benzene rings is 2. The van der Waals surface area contributed by atoms with Crippen molar-refractivity contribution in [2.75, 3.05) is 13.1 Å². The molecule has 3 heterocycles. The Hall–Kier alpha value is -3.87. The lowest BCUT2D eigenvalue weighted by Gasteiger charge is -2.31. The van der Waals surface area contributed by atoms with E-state index in [2.05, 4.69) is 9.97 Å². The van der Waals surface area contributed by atoms with Crippen LogP contribution < -0.4 is 0 Å². The van der Waals surface area contributed by atoms with Crippen molar-refractivity contribution in [1.82, 2.24) is 14.9 Å². The highest BCUT2D eigenvalue weighted by molar-refractivity contribution is 5.94. The third-order valence-corrected chi connectivity index (χ3v) is 6.27. The van der Waals surface area contributed by atoms with Crippen LogP contribution in [0.1, 0.15) is 57.6 Å². The number of hydrogen-bond donors (Lipinski definition) is 0. The van der Waals surface area contributed by atoms with E-state index in [4.69, 9.17) is 4.42 Å². The summed E-state index contributed by atoms with van der Waals surface area (Å²) in [5.41, 5.74) is 3.13. The first-order valence-electron chi connectivity index (χ1n) is 11.7. The number of likely N-dealkylation sites (tertiary alicyclic amines) is 1. The van der Waals surface area contributed by atoms with Gasteiger partial charge in [-0.15, -0.1) is 0 Å². The summed E-state index contributed by atoms with van der Waals surface area (Å²) in [7, 11) is 0. The van der Waals surface area contributed by atoms with Gasteiger partial charge in [-0.25, -0.2) is 13.8 Å². The molecular weight excluding hydrogens is 448 g/mol. The van der Waals surface area contributed by atoms with Gasteiger partial charge in [-0.05, 0) is 60.4 Å². The van der Waals surface area contributed by atoms with Gasteiger partial charge >= 0.3 is 0 Å². The number of rotatable bonds is 6. The number of carbonyl (C=O) groups is 1. The van der Waals surface area contributed by atoms with E-state index in [-0.39, 0.29) is 23.5 Å². The van der Waals surface area contributed by atoms with E-state index in [9.17, 15) is 13.6 Å². The van der Waals surface area contributed by atoms with Crippen molar-refractivity contribution in [3.05, 3.63) is 119 Å². The largest absolute Gasteiger partial charge is 0.445 e. The minimum absolute atomic E-state index is 0.0136. The number of piperidine rings is 1. The van der Waals surface area contributed by atoms with E-state index in [0.717, 1.165) is 29.7 Å². The topological polar surface area (TPSA) is 59.2 Å². The quantitative estimate of drug-likeness (QED) is 0.369. The third kappa shape index (κ3) is 5.62. The van der Waals surface area contributed by atoms with E-state index in [1.807, 2.05) is 17.0 Å². The van der Waals surface area contributed by atoms with Gasteiger partial charge in [-0.2, -0.15) is 0 Å². The van der Waals surface area contributed by atoms with Crippen LogP contribution in [-0.4, -0.2) is 33.9 Å². The van der Waals surface area contributed by atoms with Crippen molar-refractivity contribution in [2.45, 2.75) is 31.6 Å². The number of amides is 1. The third-order valence-electron chi connectivity index (χ3n) is 6.27. The summed E-state index contributed by atoms with van der Waals surface area (Å²) in [5, 5.41) is 0. The van der Waals surface area contributed by atoms with Crippen molar-refractivity contribution < 1.29 is 18.0 Å². The molecule has 178 valence electrons. The molecule has 0 bridgehead atoms. The van der Waals surface area contributed by atoms with Crippen molar-refractivity contribution in [2.24, 2.45) is 0 Å². The van der Waals surface area contributed by atoms with Gasteiger partial charge in [0.15, 0.2) is 5.89 Å². The highest BCUT2D eigenvalue weighted by Gasteiger charge is 2.28. The molecule has 35 heavy (non-hydrogen) atoms. The van der Waals surface area contributed by atoms with Gasteiger partial charge in [0.1, 0.15) is 17.4 Å². The van der Waals surface area contributed by atoms with Crippen molar-refractivity contribution in [1.29, 1.82) is 0 Å². The van der Waals surface area contributed by atoms with Crippen LogP contribution in [-0.2, 0) is 12.8 Å². The summed E-state index contributed by atoms with van der Waals surface area (Å²) < 4.78 is 32.5. The fraction of sp³-hybridized carbons (Fsp3) is 0.250. The molecule has 2 aromatic carbocycles. The van der Waals surface area contributed by atoms with Crippen molar-refractivity contribution in [3.63, 3.8) is 0 Å². The maximum absolute atomic E-state index is 13.5. The van der Waals surface area contributed by atoms with Gasteiger partial charge in [0.25, 0.3) is 5.91 Å². The Labute approximate surface area is 202 Å². The van der Waals surface area contributed by atoms with Crippen LogP contribution in [0.2, 0.25) is 0 Å². The summed E-state index contributed by atoms with van der Waals surface area (Å²) in [6.45, 7) is 1.19. The normalized spacial score (nSPS) is 15.8. The van der Waals surface area contributed by atoms with Crippen molar-refractivity contribution in [3.8, 4) is 0 Å². The van der Waals surface area contributed by atoms with E-state index >= 15 is 0 Å². The maximum Gasteiger partial charge on any atom is 0.255 e. The second-order valence-corrected chi connectivity index (χ2v) is 8.90. The van der Waals surface area contributed by atoms with Gasteiger partial charge < -0.3 is 9.32 Å². The first-order chi connectivity index (χ1) is 17.0. The van der Waals surface area contributed by atoms with E-state index < -0.39 is 0 Å². The number of pyridine rings is 1. The molecule has 1 fully saturated rings. The Morgan fingerprint density at radius 3 is 2.57 bits per heavy atom. The zero-order chi connectivity index (χ0) is 24.2. The number of nitrogens with zero attached hydrogens (tertiary/aromatic N) is 3. The number of carbonyl (C=O) groups excluding carboxylic acids is 1. The molecule has 1 aliphatic rings. The molecule has 2 aromatic heterocycles. The maximum atomic E-state index is 13.5. The summed E-state index contributed by atoms with van der Waals surface area (Å²) in [6.07, 6.45) is 6.07. The smallest absolute Gasteiger partial charge is 0.255 e. The number of oxazole rings is 1. The molecule has 5 nitrogen and oxygen atoms in total. The van der Waals surface area contributed by atoms with Crippen LogP contribution in [0.5, 0.6) is 0 Å². The summed E-state index contributed by atoms with van der Waals surface area (Å²) in [5.74, 6) is 0.690. The average molecular weight is 474 g/mol. The zero-order valence-corrected chi connectivity index (χ0v) is 19.2. The lowest BCUT2D eigenvalue weighted by atomic mass is 9.97. The van der Waals surface area contributed by atoms with Gasteiger partial charge in [0, 0.05) is 37.8 Å². The highest BCUT2D eigenvalue weighted by atomic mass is 19.1. The van der Waals surface area contributed by atoms with Gasteiger partial charge in [-0.3, -0.25) is 9.78 Å².